The molecule has 27 heavy (non-hydrogen) atoms. The second-order valence-corrected chi connectivity index (χ2v) is 7.82. The number of benzene rings is 2. The Morgan fingerprint density at radius 1 is 1.19 bits per heavy atom. The number of phenols is 1. The van der Waals surface area contributed by atoms with Gasteiger partial charge < -0.3 is 10.4 Å². The monoisotopic (exact) mass is 408 g/mol. The molecule has 2 aromatic carbocycles. The van der Waals surface area contributed by atoms with E-state index in [1.54, 1.807) is 12.1 Å². The average molecular weight is 408 g/mol. The van der Waals surface area contributed by atoms with Crippen molar-refractivity contribution < 1.29 is 23.5 Å². The zero-order valence-corrected chi connectivity index (χ0v) is 15.4. The smallest absolute Gasteiger partial charge is 0.288 e. The molecular weight excluding hydrogens is 394 g/mol. The third-order valence-corrected chi connectivity index (χ3v) is 5.51. The summed E-state index contributed by atoms with van der Waals surface area (Å²) in [5.41, 5.74) is 1.16. The summed E-state index contributed by atoms with van der Waals surface area (Å²) in [7, 11) is 0. The fraction of sp³-hybridized carbons (Fsp3) is 0.167. The van der Waals surface area contributed by atoms with Crippen LogP contribution in [0.3, 0.4) is 0 Å². The Morgan fingerprint density at radius 3 is 2.48 bits per heavy atom. The Bertz CT molecular complexity index is 871. The van der Waals surface area contributed by atoms with Crippen LogP contribution in [0.4, 0.5) is 14.5 Å². The molecule has 1 atom stereocenters. The highest BCUT2D eigenvalue weighted by atomic mass is 32.2. The number of hydrogen-bond donors (Lipinski definition) is 2. The Labute approximate surface area is 162 Å². The Balaban J connectivity index is 1.55. The SMILES string of the molecule is O=C(C[C@@H]1SC(c2ccc(O)cc2)=NC1=O)Nc1ccc(SC(F)F)cc1. The molecule has 0 unspecified atom stereocenters. The lowest BCUT2D eigenvalue weighted by Gasteiger charge is -2.09. The normalized spacial score (nSPS) is 16.5. The predicted molar refractivity (Wildman–Crippen MR) is 103 cm³/mol. The van der Waals surface area contributed by atoms with Gasteiger partial charge in [-0.2, -0.15) is 8.78 Å². The van der Waals surface area contributed by atoms with Crippen molar-refractivity contribution in [2.24, 2.45) is 4.99 Å². The van der Waals surface area contributed by atoms with Gasteiger partial charge in [0.1, 0.15) is 16.0 Å². The van der Waals surface area contributed by atoms with Crippen molar-refractivity contribution in [1.29, 1.82) is 0 Å². The summed E-state index contributed by atoms with van der Waals surface area (Å²) in [5.74, 6) is -3.14. The van der Waals surface area contributed by atoms with Crippen LogP contribution in [0.25, 0.3) is 0 Å². The van der Waals surface area contributed by atoms with E-state index in [4.69, 9.17) is 0 Å². The quantitative estimate of drug-likeness (QED) is 0.703. The molecule has 0 saturated heterocycles. The Morgan fingerprint density at radius 2 is 1.85 bits per heavy atom. The van der Waals surface area contributed by atoms with Crippen molar-refractivity contribution in [3.05, 3.63) is 54.1 Å². The highest BCUT2D eigenvalue weighted by molar-refractivity contribution is 8.16. The van der Waals surface area contributed by atoms with Crippen molar-refractivity contribution in [3.63, 3.8) is 0 Å². The molecule has 0 bridgehead atoms. The van der Waals surface area contributed by atoms with Crippen LogP contribution in [-0.4, -0.2) is 33.0 Å². The van der Waals surface area contributed by atoms with Gasteiger partial charge in [0.25, 0.3) is 11.7 Å². The van der Waals surface area contributed by atoms with Crippen molar-refractivity contribution in [3.8, 4) is 5.75 Å². The molecule has 1 heterocycles. The van der Waals surface area contributed by atoms with Gasteiger partial charge in [0.05, 0.1) is 0 Å². The summed E-state index contributed by atoms with van der Waals surface area (Å²) in [6.45, 7) is 0. The minimum Gasteiger partial charge on any atom is -0.508 e. The molecule has 9 heteroatoms. The standard InChI is InChI=1S/C18H14F2N2O3S2/c19-18(20)26-13-7-3-11(4-8-13)21-15(24)9-14-16(25)22-17(27-14)10-1-5-12(23)6-2-10/h1-8,14,18,23H,9H2,(H,21,24)/t14-/m0/s1. The first-order valence-corrected chi connectivity index (χ1v) is 9.60. The first-order chi connectivity index (χ1) is 12.9. The van der Waals surface area contributed by atoms with E-state index in [-0.39, 0.29) is 24.0 Å². The fourth-order valence-electron chi connectivity index (χ4n) is 2.35. The molecule has 140 valence electrons. The zero-order valence-electron chi connectivity index (χ0n) is 13.8. The van der Waals surface area contributed by atoms with E-state index in [1.165, 1.54) is 48.2 Å². The highest BCUT2D eigenvalue weighted by Crippen LogP contribution is 2.30. The maximum absolute atomic E-state index is 12.3. The fourth-order valence-corrected chi connectivity index (χ4v) is 3.92. The second-order valence-electron chi connectivity index (χ2n) is 5.56. The molecule has 0 fully saturated rings. The Kier molecular flexibility index (Phi) is 6.12. The van der Waals surface area contributed by atoms with E-state index in [0.717, 1.165) is 0 Å². The lowest BCUT2D eigenvalue weighted by Crippen LogP contribution is -2.21. The third-order valence-electron chi connectivity index (χ3n) is 3.59. The van der Waals surface area contributed by atoms with Gasteiger partial charge in [-0.15, -0.1) is 0 Å². The first kappa shape index (κ1) is 19.4. The van der Waals surface area contributed by atoms with Crippen LogP contribution in [0.15, 0.2) is 58.4 Å². The molecule has 0 saturated carbocycles. The van der Waals surface area contributed by atoms with Gasteiger partial charge in [-0.3, -0.25) is 9.59 Å². The van der Waals surface area contributed by atoms with Gasteiger partial charge in [0.15, 0.2) is 0 Å². The highest BCUT2D eigenvalue weighted by Gasteiger charge is 2.31. The number of nitrogens with one attached hydrogen (secondary N) is 1. The average Bonchev–Trinajstić information content (AvgIpc) is 2.97. The maximum Gasteiger partial charge on any atom is 0.288 e. The lowest BCUT2D eigenvalue weighted by atomic mass is 10.2. The summed E-state index contributed by atoms with van der Waals surface area (Å²) in [6.07, 6.45) is -0.0535. The van der Waals surface area contributed by atoms with E-state index in [2.05, 4.69) is 10.3 Å². The first-order valence-electron chi connectivity index (χ1n) is 7.84. The molecule has 2 aromatic rings. The number of halogens is 2. The van der Waals surface area contributed by atoms with Gasteiger partial charge in [-0.05, 0) is 48.5 Å². The van der Waals surface area contributed by atoms with Gasteiger partial charge in [-0.1, -0.05) is 23.5 Å². The molecule has 2 amide bonds. The summed E-state index contributed by atoms with van der Waals surface area (Å²) in [4.78, 5) is 28.6. The minimum atomic E-state index is -2.50. The number of carbonyl (C=O) groups is 2. The number of aliphatic imine (C=N–C) groups is 1. The van der Waals surface area contributed by atoms with E-state index >= 15 is 0 Å². The molecule has 0 aliphatic carbocycles. The van der Waals surface area contributed by atoms with Crippen molar-refractivity contribution in [2.75, 3.05) is 5.32 Å². The topological polar surface area (TPSA) is 78.8 Å². The summed E-state index contributed by atoms with van der Waals surface area (Å²) in [5, 5.41) is 11.8. The summed E-state index contributed by atoms with van der Waals surface area (Å²) in [6, 6.07) is 12.3. The number of hydrogen-bond acceptors (Lipinski definition) is 5. The van der Waals surface area contributed by atoms with Crippen LogP contribution in [0, 0.1) is 0 Å². The van der Waals surface area contributed by atoms with Crippen LogP contribution in [0.5, 0.6) is 5.75 Å². The van der Waals surface area contributed by atoms with Gasteiger partial charge in [0.2, 0.25) is 5.91 Å². The number of nitrogens with zero attached hydrogens (tertiary/aromatic N) is 1. The number of anilines is 1. The van der Waals surface area contributed by atoms with Crippen LogP contribution in [0.2, 0.25) is 0 Å². The van der Waals surface area contributed by atoms with E-state index in [9.17, 15) is 23.5 Å². The number of phenolic OH excluding ortho intramolecular Hbond substituents is 1. The molecule has 0 radical (unpaired) electrons. The van der Waals surface area contributed by atoms with Crippen LogP contribution >= 0.6 is 23.5 Å². The van der Waals surface area contributed by atoms with Crippen LogP contribution in [-0.2, 0) is 9.59 Å². The molecule has 2 N–H and O–H groups in total. The molecule has 5 nitrogen and oxygen atoms in total. The summed E-state index contributed by atoms with van der Waals surface area (Å²) < 4.78 is 24.6. The minimum absolute atomic E-state index is 0.0535. The van der Waals surface area contributed by atoms with Crippen molar-refractivity contribution >= 4 is 46.1 Å². The number of alkyl halides is 2. The zero-order chi connectivity index (χ0) is 19.4. The van der Waals surface area contributed by atoms with E-state index in [0.29, 0.717) is 33.0 Å². The number of aromatic hydroxyl groups is 1. The molecule has 3 rings (SSSR count). The van der Waals surface area contributed by atoms with E-state index in [1.807, 2.05) is 0 Å². The van der Waals surface area contributed by atoms with Crippen molar-refractivity contribution in [2.45, 2.75) is 22.3 Å². The molecule has 1 aliphatic heterocycles. The molecule has 0 aromatic heterocycles. The Hall–Kier alpha value is -2.39. The molecule has 1 aliphatic rings. The predicted octanol–water partition coefficient (Wildman–Crippen LogP) is 4.12. The molecular formula is C18H14F2N2O3S2. The van der Waals surface area contributed by atoms with Gasteiger partial charge >= 0.3 is 0 Å². The number of amides is 2. The largest absolute Gasteiger partial charge is 0.508 e. The van der Waals surface area contributed by atoms with Crippen LogP contribution in [0.1, 0.15) is 12.0 Å². The van der Waals surface area contributed by atoms with Crippen molar-refractivity contribution in [1.82, 2.24) is 0 Å². The number of rotatable bonds is 6. The van der Waals surface area contributed by atoms with Gasteiger partial charge in [0, 0.05) is 22.6 Å². The lowest BCUT2D eigenvalue weighted by molar-refractivity contribution is -0.121. The van der Waals surface area contributed by atoms with Gasteiger partial charge in [-0.25, -0.2) is 4.99 Å². The molecule has 0 spiro atoms. The second kappa shape index (κ2) is 8.53. The van der Waals surface area contributed by atoms with E-state index < -0.39 is 11.0 Å². The summed E-state index contributed by atoms with van der Waals surface area (Å²) >= 11 is 1.62. The number of thioether (sulfide) groups is 2. The third kappa shape index (κ3) is 5.30. The van der Waals surface area contributed by atoms with Crippen LogP contribution < -0.4 is 5.32 Å². The maximum atomic E-state index is 12.3. The number of carbonyl (C=O) groups excluding carboxylic acids is 2.